The number of ether oxygens (including phenoxy) is 1. The average Bonchev–Trinajstić information content (AvgIpc) is 2.91. The largest absolute Gasteiger partial charge is 0.488 e. The van der Waals surface area contributed by atoms with E-state index in [1.54, 1.807) is 23.0 Å². The van der Waals surface area contributed by atoms with E-state index < -0.39 is 0 Å². The molecule has 0 aliphatic rings. The molecule has 2 aromatic rings. The molecule has 0 radical (unpaired) electrons. The molecule has 0 bridgehead atoms. The number of H-pyrrole nitrogens is 1. The summed E-state index contributed by atoms with van der Waals surface area (Å²) in [4.78, 5) is 0. The fourth-order valence-electron chi connectivity index (χ4n) is 2.46. The highest BCUT2D eigenvalue weighted by molar-refractivity contribution is 7.71. The Morgan fingerprint density at radius 1 is 1.28 bits per heavy atom. The number of hydrogen-bond donors (Lipinski definition) is 1. The van der Waals surface area contributed by atoms with Crippen molar-refractivity contribution in [3.05, 3.63) is 38.3 Å². The molecule has 8 heteroatoms. The molecule has 0 aliphatic carbocycles. The molecule has 0 amide bonds. The van der Waals surface area contributed by atoms with Crippen LogP contribution in [0.15, 0.2) is 17.2 Å². The predicted molar refractivity (Wildman–Crippen MR) is 106 cm³/mol. The van der Waals surface area contributed by atoms with Gasteiger partial charge in [0.2, 0.25) is 4.77 Å². The van der Waals surface area contributed by atoms with Gasteiger partial charge in [-0.2, -0.15) is 14.9 Å². The summed E-state index contributed by atoms with van der Waals surface area (Å²) >= 11 is 17.8. The van der Waals surface area contributed by atoms with E-state index in [0.29, 0.717) is 26.5 Å². The SMILES string of the molecule is CCC(CC)c1n[nH]c(=S)n1/N=C\c1cc(Cl)c(OC(C)C)c(Cl)c1. The summed E-state index contributed by atoms with van der Waals surface area (Å²) in [5.74, 6) is 1.59. The van der Waals surface area contributed by atoms with Crippen molar-refractivity contribution in [2.24, 2.45) is 5.10 Å². The Kier molecular flexibility index (Phi) is 7.04. The lowest BCUT2D eigenvalue weighted by molar-refractivity contribution is 0.243. The van der Waals surface area contributed by atoms with Gasteiger partial charge >= 0.3 is 0 Å². The van der Waals surface area contributed by atoms with E-state index in [-0.39, 0.29) is 6.10 Å². The van der Waals surface area contributed by atoms with Crippen LogP contribution in [-0.2, 0) is 0 Å². The van der Waals surface area contributed by atoms with Crippen LogP contribution >= 0.6 is 35.4 Å². The van der Waals surface area contributed by atoms with Crippen molar-refractivity contribution in [2.75, 3.05) is 0 Å². The van der Waals surface area contributed by atoms with Gasteiger partial charge in [0.25, 0.3) is 0 Å². The molecule has 0 spiro atoms. The van der Waals surface area contributed by atoms with Crippen molar-refractivity contribution in [1.82, 2.24) is 14.9 Å². The number of aromatic amines is 1. The summed E-state index contributed by atoms with van der Waals surface area (Å²) in [5, 5.41) is 12.5. The standard InChI is InChI=1S/C17H22Cl2N4OS/c1-5-12(6-2)16-21-22-17(25)23(16)20-9-11-7-13(18)15(14(19)8-11)24-10(3)4/h7-10,12H,5-6H2,1-4H3,(H,22,25)/b20-9-. The van der Waals surface area contributed by atoms with E-state index in [2.05, 4.69) is 29.1 Å². The molecular weight excluding hydrogens is 379 g/mol. The second-order valence-electron chi connectivity index (χ2n) is 5.94. The Morgan fingerprint density at radius 3 is 2.40 bits per heavy atom. The monoisotopic (exact) mass is 400 g/mol. The van der Waals surface area contributed by atoms with Gasteiger partial charge in [-0.05, 0) is 56.6 Å². The molecule has 1 heterocycles. The number of aromatic nitrogens is 3. The lowest BCUT2D eigenvalue weighted by Crippen LogP contribution is -2.07. The van der Waals surface area contributed by atoms with Crippen molar-refractivity contribution in [3.63, 3.8) is 0 Å². The molecule has 25 heavy (non-hydrogen) atoms. The van der Waals surface area contributed by atoms with Crippen LogP contribution in [-0.4, -0.2) is 27.2 Å². The summed E-state index contributed by atoms with van der Waals surface area (Å²) < 4.78 is 7.73. The summed E-state index contributed by atoms with van der Waals surface area (Å²) in [6.07, 6.45) is 3.57. The van der Waals surface area contributed by atoms with Crippen molar-refractivity contribution in [3.8, 4) is 5.75 Å². The topological polar surface area (TPSA) is 55.2 Å². The third-order valence-electron chi connectivity index (χ3n) is 3.72. The lowest BCUT2D eigenvalue weighted by Gasteiger charge is -2.13. The van der Waals surface area contributed by atoms with E-state index in [4.69, 9.17) is 40.2 Å². The second-order valence-corrected chi connectivity index (χ2v) is 7.14. The molecule has 0 fully saturated rings. The normalized spacial score (nSPS) is 11.8. The highest BCUT2D eigenvalue weighted by Gasteiger charge is 2.15. The van der Waals surface area contributed by atoms with Crippen LogP contribution < -0.4 is 4.74 Å². The Bertz CT molecular complexity index is 786. The summed E-state index contributed by atoms with van der Waals surface area (Å²) in [6, 6.07) is 3.52. The maximum atomic E-state index is 6.28. The third kappa shape index (κ3) is 4.84. The zero-order valence-electron chi connectivity index (χ0n) is 14.7. The van der Waals surface area contributed by atoms with Crippen LogP contribution in [0.1, 0.15) is 57.8 Å². The number of halogens is 2. The minimum Gasteiger partial charge on any atom is -0.488 e. The first-order valence-corrected chi connectivity index (χ1v) is 9.41. The van der Waals surface area contributed by atoms with Crippen molar-refractivity contribution in [1.29, 1.82) is 0 Å². The van der Waals surface area contributed by atoms with Crippen LogP contribution in [0.25, 0.3) is 0 Å². The van der Waals surface area contributed by atoms with Gasteiger partial charge in [-0.1, -0.05) is 37.0 Å². The van der Waals surface area contributed by atoms with Crippen LogP contribution in [0, 0.1) is 4.77 Å². The number of benzene rings is 1. The van der Waals surface area contributed by atoms with Gasteiger partial charge in [-0.25, -0.2) is 0 Å². The van der Waals surface area contributed by atoms with Gasteiger partial charge in [0, 0.05) is 5.92 Å². The summed E-state index contributed by atoms with van der Waals surface area (Å²) in [7, 11) is 0. The molecular formula is C17H22Cl2N4OS. The molecule has 0 saturated carbocycles. The van der Waals surface area contributed by atoms with Gasteiger partial charge in [-0.3, -0.25) is 5.10 Å². The van der Waals surface area contributed by atoms with E-state index in [1.807, 2.05) is 13.8 Å². The highest BCUT2D eigenvalue weighted by Crippen LogP contribution is 2.34. The molecule has 1 aromatic heterocycles. The van der Waals surface area contributed by atoms with Crippen molar-refractivity contribution >= 4 is 41.6 Å². The highest BCUT2D eigenvalue weighted by atomic mass is 35.5. The van der Waals surface area contributed by atoms with E-state index >= 15 is 0 Å². The molecule has 136 valence electrons. The van der Waals surface area contributed by atoms with Crippen LogP contribution in [0.3, 0.4) is 0 Å². The Labute approximate surface area is 163 Å². The van der Waals surface area contributed by atoms with Crippen LogP contribution in [0.2, 0.25) is 10.0 Å². The van der Waals surface area contributed by atoms with E-state index in [0.717, 1.165) is 24.2 Å². The minimum absolute atomic E-state index is 0.0126. The summed E-state index contributed by atoms with van der Waals surface area (Å²) in [6.45, 7) is 8.07. The van der Waals surface area contributed by atoms with Crippen LogP contribution in [0.5, 0.6) is 5.75 Å². The molecule has 2 rings (SSSR count). The fraction of sp³-hybridized carbons (Fsp3) is 0.471. The first kappa shape index (κ1) is 19.9. The van der Waals surface area contributed by atoms with Crippen molar-refractivity contribution in [2.45, 2.75) is 52.6 Å². The molecule has 0 atom stereocenters. The lowest BCUT2D eigenvalue weighted by atomic mass is 10.0. The third-order valence-corrected chi connectivity index (χ3v) is 4.55. The molecule has 1 N–H and O–H groups in total. The van der Waals surface area contributed by atoms with Gasteiger partial charge < -0.3 is 4.74 Å². The molecule has 0 unspecified atom stereocenters. The van der Waals surface area contributed by atoms with Crippen molar-refractivity contribution < 1.29 is 4.74 Å². The Morgan fingerprint density at radius 2 is 1.88 bits per heavy atom. The maximum Gasteiger partial charge on any atom is 0.216 e. The fourth-order valence-corrected chi connectivity index (χ4v) is 3.24. The molecule has 0 aliphatic heterocycles. The molecule has 5 nitrogen and oxygen atoms in total. The Hall–Kier alpha value is -1.37. The van der Waals surface area contributed by atoms with E-state index in [9.17, 15) is 0 Å². The quantitative estimate of drug-likeness (QED) is 0.470. The van der Waals surface area contributed by atoms with Gasteiger partial charge in [0.15, 0.2) is 11.6 Å². The van der Waals surface area contributed by atoms with Gasteiger partial charge in [0.05, 0.1) is 22.4 Å². The van der Waals surface area contributed by atoms with E-state index in [1.165, 1.54) is 0 Å². The predicted octanol–water partition coefficient (Wildman–Crippen LogP) is 5.82. The Balaban J connectivity index is 2.35. The zero-order valence-corrected chi connectivity index (χ0v) is 17.0. The first-order chi connectivity index (χ1) is 11.9. The smallest absolute Gasteiger partial charge is 0.216 e. The first-order valence-electron chi connectivity index (χ1n) is 8.24. The number of nitrogens with one attached hydrogen (secondary N) is 1. The van der Waals surface area contributed by atoms with Crippen LogP contribution in [0.4, 0.5) is 0 Å². The zero-order chi connectivity index (χ0) is 18.6. The van der Waals surface area contributed by atoms with Gasteiger partial charge in [-0.15, -0.1) is 0 Å². The van der Waals surface area contributed by atoms with Gasteiger partial charge in [0.1, 0.15) is 0 Å². The number of hydrogen-bond acceptors (Lipinski definition) is 4. The molecule has 0 saturated heterocycles. The average molecular weight is 401 g/mol. The number of rotatable bonds is 7. The second kappa shape index (κ2) is 8.83. The maximum absolute atomic E-state index is 6.28. The number of nitrogens with zero attached hydrogens (tertiary/aromatic N) is 3. The minimum atomic E-state index is -0.0126. The molecule has 1 aromatic carbocycles. The summed E-state index contributed by atoms with van der Waals surface area (Å²) in [5.41, 5.74) is 0.754.